The molecule has 1 aromatic carbocycles. The molecule has 3 aliphatic rings. The van der Waals surface area contributed by atoms with Crippen molar-refractivity contribution < 1.29 is 53.1 Å². The Morgan fingerprint density at radius 2 is 1.51 bits per heavy atom. The molecular formula is C37H53N13O11S2. The van der Waals surface area contributed by atoms with Crippen LogP contribution in [0.4, 0.5) is 0 Å². The van der Waals surface area contributed by atoms with Gasteiger partial charge in [-0.1, -0.05) is 33.7 Å². The lowest BCUT2D eigenvalue weighted by molar-refractivity contribution is -0.142. The lowest BCUT2D eigenvalue weighted by Gasteiger charge is -2.30. The fourth-order valence-electron chi connectivity index (χ4n) is 6.87. The Balaban J connectivity index is 1.56. The fourth-order valence-corrected chi connectivity index (χ4v) is 9.01. The summed E-state index contributed by atoms with van der Waals surface area (Å²) in [7, 11) is 2.26. The zero-order valence-corrected chi connectivity index (χ0v) is 35.7. The van der Waals surface area contributed by atoms with Gasteiger partial charge in [0.1, 0.15) is 48.0 Å². The van der Waals surface area contributed by atoms with Crippen molar-refractivity contribution >= 4 is 86.6 Å². The van der Waals surface area contributed by atoms with Gasteiger partial charge in [0.05, 0.1) is 13.0 Å². The van der Waals surface area contributed by atoms with Crippen LogP contribution in [0.5, 0.6) is 5.75 Å². The van der Waals surface area contributed by atoms with Gasteiger partial charge in [0.15, 0.2) is 5.96 Å². The normalized spacial score (nSPS) is 24.1. The molecule has 2 bridgehead atoms. The molecule has 16 N–H and O–H groups in total. The maximum atomic E-state index is 14.3. The first-order valence-corrected chi connectivity index (χ1v) is 22.4. The van der Waals surface area contributed by atoms with Crippen LogP contribution < -0.4 is 60.2 Å². The van der Waals surface area contributed by atoms with Gasteiger partial charge in [-0.05, 0) is 43.4 Å². The Kier molecular flexibility index (Phi) is 18.6. The van der Waals surface area contributed by atoms with Crippen LogP contribution in [0.15, 0.2) is 29.3 Å². The van der Waals surface area contributed by atoms with Crippen molar-refractivity contribution in [1.29, 1.82) is 0 Å². The van der Waals surface area contributed by atoms with E-state index in [4.69, 9.17) is 22.9 Å². The number of nitrogens with zero attached hydrogens (tertiary/aromatic N) is 2. The molecule has 10 amide bonds. The van der Waals surface area contributed by atoms with Gasteiger partial charge < -0.3 is 70.2 Å². The first kappa shape index (κ1) is 49.3. The van der Waals surface area contributed by atoms with Crippen LogP contribution >= 0.6 is 21.6 Å². The van der Waals surface area contributed by atoms with Crippen molar-refractivity contribution in [2.45, 2.75) is 93.7 Å². The van der Waals surface area contributed by atoms with Crippen molar-refractivity contribution in [3.05, 3.63) is 29.8 Å². The van der Waals surface area contributed by atoms with Crippen LogP contribution in [0.3, 0.4) is 0 Å². The van der Waals surface area contributed by atoms with Crippen molar-refractivity contribution in [1.82, 2.24) is 42.1 Å². The molecule has 7 atom stereocenters. The molecule has 24 nitrogen and oxygen atoms in total. The molecule has 0 unspecified atom stereocenters. The van der Waals surface area contributed by atoms with Gasteiger partial charge in [0.2, 0.25) is 59.1 Å². The Labute approximate surface area is 369 Å². The van der Waals surface area contributed by atoms with Gasteiger partial charge in [-0.3, -0.25) is 52.9 Å². The van der Waals surface area contributed by atoms with Gasteiger partial charge in [-0.15, -0.1) is 0 Å². The van der Waals surface area contributed by atoms with Crippen molar-refractivity contribution in [2.24, 2.45) is 27.9 Å². The smallest absolute Gasteiger partial charge is 0.246 e. The minimum atomic E-state index is -1.62. The summed E-state index contributed by atoms with van der Waals surface area (Å²) in [5.41, 5.74) is 22.0. The Hall–Kier alpha value is -6.31. The monoisotopic (exact) mass is 919 g/mol. The van der Waals surface area contributed by atoms with Crippen LogP contribution in [0.2, 0.25) is 0 Å². The van der Waals surface area contributed by atoms with Crippen LogP contribution in [0.25, 0.3) is 0 Å². The van der Waals surface area contributed by atoms with E-state index in [0.717, 1.165) is 21.6 Å². The van der Waals surface area contributed by atoms with E-state index in [1.54, 1.807) is 12.1 Å². The third kappa shape index (κ3) is 15.5. The number of guanidine groups is 1. The zero-order chi connectivity index (χ0) is 46.2. The molecule has 0 spiro atoms. The number of fused-ring (bicyclic) bond motifs is 2. The number of carbonyl (C=O) groups excluding carboxylic acids is 10. The highest BCUT2D eigenvalue weighted by molar-refractivity contribution is 8.76. The Morgan fingerprint density at radius 3 is 2.17 bits per heavy atom. The highest BCUT2D eigenvalue weighted by atomic mass is 33.1. The second-order valence-corrected chi connectivity index (χ2v) is 17.5. The molecule has 3 fully saturated rings. The Bertz CT molecular complexity index is 1940. The maximum absolute atomic E-state index is 14.3. The number of likely N-dealkylation sites (tertiary alicyclic amines) is 1. The number of aliphatic imine (C=N–C) groups is 1. The summed E-state index contributed by atoms with van der Waals surface area (Å²) in [6.07, 6.45) is -0.241. The number of rotatable bonds is 14. The van der Waals surface area contributed by atoms with E-state index in [1.165, 1.54) is 17.0 Å². The Morgan fingerprint density at radius 1 is 0.841 bits per heavy atom. The number of phenolic OH excluding ortho intramolecular Hbond substituents is 1. The minimum absolute atomic E-state index is 0.0114. The molecule has 344 valence electrons. The summed E-state index contributed by atoms with van der Waals surface area (Å²) < 4.78 is 0. The van der Waals surface area contributed by atoms with E-state index < -0.39 is 114 Å². The van der Waals surface area contributed by atoms with E-state index in [1.807, 2.05) is 0 Å². The highest BCUT2D eigenvalue weighted by Crippen LogP contribution is 2.26. The first-order chi connectivity index (χ1) is 29.9. The molecule has 63 heavy (non-hydrogen) atoms. The SMILES string of the molecule is NC(=O)CNC(=O)[C@H](CCCN=C(N)N)NC(=O)[C@@H]1CCCN1C(=O)[C@@H]1CSSCCC(=O)N[C@@H](Cc2ccc(O)cc2)C(=O)N[C@@H]2C[C@H](NC2=O)C(=O)N[C@@H](CC(N)=O)C(=O)N1. The fraction of sp³-hybridized carbons (Fsp3) is 0.541. The summed E-state index contributed by atoms with van der Waals surface area (Å²) in [5, 5.41) is 27.4. The number of carbonyl (C=O) groups is 10. The summed E-state index contributed by atoms with van der Waals surface area (Å²) >= 11 is 0. The summed E-state index contributed by atoms with van der Waals surface area (Å²) in [6.45, 7) is -0.300. The molecule has 0 radical (unpaired) electrons. The standard InChI is InChI=1S/C37H53N13O11S2/c38-27(52)15-24-34(59)49-25(36(61)50-11-2-4-26(50)35(60)45-20(3-1-10-42-37(40)41)30(55)43-16-28(39)53)17-63-62-12-9-29(54)44-21(13-18-5-7-19(51)8-6-18)31(56)46-22-14-23(33(58)48-24)47-32(22)57/h5-8,20-26,51H,1-4,9-17H2,(H2,38,52)(H2,39,53)(H,43,55)(H,44,54)(H,45,60)(H,46,56)(H,47,57)(H,48,58)(H,49,59)(H4,40,41,42)/t20-,21-,22+,23-,24-,25-,26-/m0/s1. The minimum Gasteiger partial charge on any atom is -0.508 e. The predicted octanol–water partition coefficient (Wildman–Crippen LogP) is -5.45. The third-order valence-corrected chi connectivity index (χ3v) is 12.4. The lowest BCUT2D eigenvalue weighted by Crippen LogP contribution is -2.59. The third-order valence-electron chi connectivity index (χ3n) is 10.0. The molecule has 3 aliphatic heterocycles. The van der Waals surface area contributed by atoms with Crippen molar-refractivity contribution in [3.63, 3.8) is 0 Å². The average Bonchev–Trinajstić information content (AvgIpc) is 3.86. The van der Waals surface area contributed by atoms with Crippen LogP contribution in [0.1, 0.15) is 50.5 Å². The molecular weight excluding hydrogens is 867 g/mol. The van der Waals surface area contributed by atoms with Gasteiger partial charge in [0, 0.05) is 43.9 Å². The number of nitrogens with two attached hydrogens (primary N) is 4. The first-order valence-electron chi connectivity index (χ1n) is 20.0. The largest absolute Gasteiger partial charge is 0.508 e. The highest BCUT2D eigenvalue weighted by Gasteiger charge is 2.42. The van der Waals surface area contributed by atoms with Gasteiger partial charge >= 0.3 is 0 Å². The average molecular weight is 920 g/mol. The molecule has 3 heterocycles. The van der Waals surface area contributed by atoms with Gasteiger partial charge in [0.25, 0.3) is 0 Å². The second-order valence-electron chi connectivity index (χ2n) is 14.9. The predicted molar refractivity (Wildman–Crippen MR) is 228 cm³/mol. The van der Waals surface area contributed by atoms with E-state index >= 15 is 0 Å². The topological polar surface area (TPSA) is 395 Å². The number of nitrogens with one attached hydrogen (secondary N) is 7. The zero-order valence-electron chi connectivity index (χ0n) is 34.1. The van der Waals surface area contributed by atoms with Crippen LogP contribution in [-0.4, -0.2) is 148 Å². The number of benzene rings is 1. The molecule has 4 rings (SSSR count). The lowest BCUT2D eigenvalue weighted by atomic mass is 10.0. The van der Waals surface area contributed by atoms with Crippen LogP contribution in [0, 0.1) is 0 Å². The number of hydrogen-bond donors (Lipinski definition) is 12. The number of primary amides is 2. The maximum Gasteiger partial charge on any atom is 0.246 e. The summed E-state index contributed by atoms with van der Waals surface area (Å²) in [4.78, 5) is 137. The quantitative estimate of drug-likeness (QED) is 0.0359. The van der Waals surface area contributed by atoms with Gasteiger partial charge in [-0.2, -0.15) is 0 Å². The van der Waals surface area contributed by atoms with E-state index in [-0.39, 0.29) is 74.8 Å². The van der Waals surface area contributed by atoms with Gasteiger partial charge in [-0.25, -0.2) is 0 Å². The number of hydrogen-bond acceptors (Lipinski definition) is 14. The van der Waals surface area contributed by atoms with E-state index in [2.05, 4.69) is 42.2 Å². The summed E-state index contributed by atoms with van der Waals surface area (Å²) in [5.74, 6) is -7.94. The summed E-state index contributed by atoms with van der Waals surface area (Å²) in [6, 6.07) is -2.99. The molecule has 0 aliphatic carbocycles. The van der Waals surface area contributed by atoms with Crippen LogP contribution in [-0.2, 0) is 54.4 Å². The molecule has 0 aromatic heterocycles. The number of phenols is 1. The van der Waals surface area contributed by atoms with Crippen molar-refractivity contribution in [2.75, 3.05) is 31.1 Å². The van der Waals surface area contributed by atoms with E-state index in [9.17, 15) is 53.1 Å². The van der Waals surface area contributed by atoms with Crippen molar-refractivity contribution in [3.8, 4) is 5.75 Å². The molecule has 26 heteroatoms. The number of amides is 10. The second kappa shape index (κ2) is 23.8. The molecule has 0 saturated carbocycles. The van der Waals surface area contributed by atoms with E-state index in [0.29, 0.717) is 12.0 Å². The molecule has 1 aromatic rings. The molecule has 3 saturated heterocycles. The number of aromatic hydroxyl groups is 1.